The minimum atomic E-state index is -4.36. The highest BCUT2D eigenvalue weighted by Gasteiger charge is 2.31. The number of halogens is 3. The van der Waals surface area contributed by atoms with Gasteiger partial charge in [-0.05, 0) is 44.0 Å². The molecule has 2 N–H and O–H groups in total. The van der Waals surface area contributed by atoms with Crippen LogP contribution in [-0.2, 0) is 22.6 Å². The van der Waals surface area contributed by atoms with Gasteiger partial charge in [-0.1, -0.05) is 12.1 Å². The molecule has 0 spiro atoms. The van der Waals surface area contributed by atoms with E-state index in [-0.39, 0.29) is 6.04 Å². The van der Waals surface area contributed by atoms with Crippen molar-refractivity contribution in [1.29, 1.82) is 0 Å². The second-order valence-electron chi connectivity index (χ2n) is 5.58. The minimum Gasteiger partial charge on any atom is -0.315 e. The standard InChI is InChI=1S/C14H19F3N2O2S/c1-10(19-22(20,21)13-6-7-18-9-13)8-11-2-4-12(5-3-11)14(15,16)17/h2-5,10,13,18-19H,6-9H2,1H3. The number of alkyl halides is 3. The van der Waals surface area contributed by atoms with Crippen LogP contribution in [0.5, 0.6) is 0 Å². The maximum atomic E-state index is 12.5. The van der Waals surface area contributed by atoms with Crippen LogP contribution in [0.3, 0.4) is 0 Å². The molecule has 124 valence electrons. The Morgan fingerprint density at radius 3 is 2.45 bits per heavy atom. The van der Waals surface area contributed by atoms with Crippen molar-refractivity contribution < 1.29 is 21.6 Å². The number of benzene rings is 1. The maximum Gasteiger partial charge on any atom is 0.416 e. The quantitative estimate of drug-likeness (QED) is 0.864. The molecule has 2 rings (SSSR count). The van der Waals surface area contributed by atoms with E-state index in [4.69, 9.17) is 0 Å². The Bertz CT molecular complexity index is 594. The fourth-order valence-electron chi connectivity index (χ4n) is 2.49. The van der Waals surface area contributed by atoms with E-state index >= 15 is 0 Å². The first-order valence-corrected chi connectivity index (χ1v) is 8.61. The highest BCUT2D eigenvalue weighted by molar-refractivity contribution is 7.90. The first-order chi connectivity index (χ1) is 10.2. The Balaban J connectivity index is 1.95. The van der Waals surface area contributed by atoms with Gasteiger partial charge < -0.3 is 5.32 Å². The Kier molecular flexibility index (Phi) is 5.14. The summed E-state index contributed by atoms with van der Waals surface area (Å²) < 4.78 is 64.3. The molecule has 0 saturated carbocycles. The van der Waals surface area contributed by atoms with E-state index in [0.29, 0.717) is 31.5 Å². The molecule has 2 atom stereocenters. The van der Waals surface area contributed by atoms with Crippen molar-refractivity contribution >= 4 is 10.0 Å². The van der Waals surface area contributed by atoms with E-state index in [1.165, 1.54) is 12.1 Å². The van der Waals surface area contributed by atoms with Crippen LogP contribution in [-0.4, -0.2) is 32.8 Å². The van der Waals surface area contributed by atoms with Gasteiger partial charge in [-0.2, -0.15) is 13.2 Å². The summed E-state index contributed by atoms with van der Waals surface area (Å²) in [7, 11) is -3.40. The molecule has 4 nitrogen and oxygen atoms in total. The Labute approximate surface area is 128 Å². The van der Waals surface area contributed by atoms with E-state index in [9.17, 15) is 21.6 Å². The first-order valence-electron chi connectivity index (χ1n) is 7.06. The molecule has 0 amide bonds. The number of sulfonamides is 1. The van der Waals surface area contributed by atoms with E-state index in [1.54, 1.807) is 6.92 Å². The number of nitrogens with one attached hydrogen (secondary N) is 2. The average Bonchev–Trinajstić information content (AvgIpc) is 2.92. The highest BCUT2D eigenvalue weighted by atomic mass is 32.2. The summed E-state index contributed by atoms with van der Waals surface area (Å²) in [5.41, 5.74) is -0.0470. The summed E-state index contributed by atoms with van der Waals surface area (Å²) >= 11 is 0. The smallest absolute Gasteiger partial charge is 0.315 e. The largest absolute Gasteiger partial charge is 0.416 e. The molecule has 1 aliphatic heterocycles. The fraction of sp³-hybridized carbons (Fsp3) is 0.571. The summed E-state index contributed by atoms with van der Waals surface area (Å²) in [5, 5.41) is 2.55. The van der Waals surface area contributed by atoms with Gasteiger partial charge in [0.05, 0.1) is 10.8 Å². The molecule has 1 fully saturated rings. The Morgan fingerprint density at radius 1 is 1.32 bits per heavy atom. The highest BCUT2D eigenvalue weighted by Crippen LogP contribution is 2.29. The molecular weight excluding hydrogens is 317 g/mol. The van der Waals surface area contributed by atoms with Gasteiger partial charge >= 0.3 is 6.18 Å². The lowest BCUT2D eigenvalue weighted by molar-refractivity contribution is -0.137. The van der Waals surface area contributed by atoms with Crippen LogP contribution in [0.25, 0.3) is 0 Å². The van der Waals surface area contributed by atoms with Crippen LogP contribution in [0.2, 0.25) is 0 Å². The first kappa shape index (κ1) is 17.2. The zero-order valence-electron chi connectivity index (χ0n) is 12.2. The minimum absolute atomic E-state index is 0.345. The Morgan fingerprint density at radius 2 is 1.95 bits per heavy atom. The molecule has 0 aromatic heterocycles. The summed E-state index contributed by atoms with van der Waals surface area (Å²) in [4.78, 5) is 0. The SMILES string of the molecule is CC(Cc1ccc(C(F)(F)F)cc1)NS(=O)(=O)C1CCNC1. The molecule has 0 radical (unpaired) electrons. The van der Waals surface area contributed by atoms with Crippen molar-refractivity contribution in [2.24, 2.45) is 0 Å². The maximum absolute atomic E-state index is 12.5. The predicted octanol–water partition coefficient (Wildman–Crippen LogP) is 1.92. The molecule has 1 aromatic rings. The van der Waals surface area contributed by atoms with Crippen LogP contribution in [0.15, 0.2) is 24.3 Å². The van der Waals surface area contributed by atoms with Crippen molar-refractivity contribution in [3.63, 3.8) is 0 Å². The molecule has 1 saturated heterocycles. The molecular formula is C14H19F3N2O2S. The number of rotatable bonds is 5. The third kappa shape index (κ3) is 4.44. The molecule has 22 heavy (non-hydrogen) atoms. The fourth-order valence-corrected chi connectivity index (χ4v) is 4.10. The third-order valence-electron chi connectivity index (χ3n) is 3.64. The predicted molar refractivity (Wildman–Crippen MR) is 77.9 cm³/mol. The van der Waals surface area contributed by atoms with Crippen LogP contribution in [0.1, 0.15) is 24.5 Å². The van der Waals surface area contributed by atoms with Crippen molar-refractivity contribution in [3.8, 4) is 0 Å². The number of hydrogen-bond acceptors (Lipinski definition) is 3. The van der Waals surface area contributed by atoms with Gasteiger partial charge in [0.1, 0.15) is 0 Å². The molecule has 0 bridgehead atoms. The molecule has 0 aliphatic carbocycles. The lowest BCUT2D eigenvalue weighted by atomic mass is 10.1. The van der Waals surface area contributed by atoms with E-state index in [0.717, 1.165) is 12.1 Å². The van der Waals surface area contributed by atoms with Crippen molar-refractivity contribution in [1.82, 2.24) is 10.0 Å². The third-order valence-corrected chi connectivity index (χ3v) is 5.65. The van der Waals surface area contributed by atoms with Gasteiger partial charge in [0, 0.05) is 12.6 Å². The van der Waals surface area contributed by atoms with Crippen LogP contribution < -0.4 is 10.0 Å². The van der Waals surface area contributed by atoms with Crippen LogP contribution in [0, 0.1) is 0 Å². The summed E-state index contributed by atoms with van der Waals surface area (Å²) in [6.07, 6.45) is -3.44. The average molecular weight is 336 g/mol. The van der Waals surface area contributed by atoms with Gasteiger partial charge in [0.25, 0.3) is 0 Å². The van der Waals surface area contributed by atoms with Gasteiger partial charge in [0.15, 0.2) is 0 Å². The van der Waals surface area contributed by atoms with E-state index in [2.05, 4.69) is 10.0 Å². The number of hydrogen-bond donors (Lipinski definition) is 2. The second kappa shape index (κ2) is 6.55. The zero-order valence-corrected chi connectivity index (χ0v) is 13.0. The van der Waals surface area contributed by atoms with Gasteiger partial charge in [-0.25, -0.2) is 13.1 Å². The topological polar surface area (TPSA) is 58.2 Å². The zero-order chi connectivity index (χ0) is 16.4. The summed E-state index contributed by atoms with van der Waals surface area (Å²) in [5.74, 6) is 0. The van der Waals surface area contributed by atoms with Gasteiger partial charge in [-0.3, -0.25) is 0 Å². The second-order valence-corrected chi connectivity index (χ2v) is 7.57. The normalized spacial score (nSPS) is 21.0. The lowest BCUT2D eigenvalue weighted by Gasteiger charge is -2.18. The van der Waals surface area contributed by atoms with Crippen LogP contribution >= 0.6 is 0 Å². The molecule has 1 aromatic carbocycles. The van der Waals surface area contributed by atoms with Crippen molar-refractivity contribution in [2.45, 2.75) is 37.2 Å². The Hall–Kier alpha value is -1.12. The van der Waals surface area contributed by atoms with Gasteiger partial charge in [-0.15, -0.1) is 0 Å². The van der Waals surface area contributed by atoms with Crippen molar-refractivity contribution in [2.75, 3.05) is 13.1 Å². The monoisotopic (exact) mass is 336 g/mol. The molecule has 1 heterocycles. The molecule has 2 unspecified atom stereocenters. The van der Waals surface area contributed by atoms with Gasteiger partial charge in [0.2, 0.25) is 10.0 Å². The van der Waals surface area contributed by atoms with E-state index in [1.807, 2.05) is 0 Å². The molecule has 8 heteroatoms. The van der Waals surface area contributed by atoms with Crippen LogP contribution in [0.4, 0.5) is 13.2 Å². The lowest BCUT2D eigenvalue weighted by Crippen LogP contribution is -2.41. The van der Waals surface area contributed by atoms with E-state index < -0.39 is 27.0 Å². The van der Waals surface area contributed by atoms with Crippen molar-refractivity contribution in [3.05, 3.63) is 35.4 Å². The summed E-state index contributed by atoms with van der Waals surface area (Å²) in [6, 6.07) is 4.41. The summed E-state index contributed by atoms with van der Waals surface area (Å²) in [6.45, 7) is 2.82. The molecule has 1 aliphatic rings.